The first kappa shape index (κ1) is 19.3. The van der Waals surface area contributed by atoms with Gasteiger partial charge in [-0.3, -0.25) is 4.79 Å². The number of carbonyl (C=O) groups excluding carboxylic acids is 2. The average Bonchev–Trinajstić information content (AvgIpc) is 3.27. The van der Waals surface area contributed by atoms with Crippen LogP contribution >= 0.6 is 0 Å². The fourth-order valence-electron chi connectivity index (χ4n) is 4.28. The Labute approximate surface area is 178 Å². The molecule has 0 saturated carbocycles. The number of fused-ring (bicyclic) bond motifs is 5. The van der Waals surface area contributed by atoms with Gasteiger partial charge in [-0.1, -0.05) is 36.4 Å². The minimum absolute atomic E-state index is 0.0809. The number of nitrogens with zero attached hydrogens (tertiary/aromatic N) is 2. The van der Waals surface area contributed by atoms with Gasteiger partial charge in [0, 0.05) is 24.4 Å². The van der Waals surface area contributed by atoms with E-state index < -0.39 is 16.0 Å². The van der Waals surface area contributed by atoms with E-state index in [-0.39, 0.29) is 21.9 Å². The predicted octanol–water partition coefficient (Wildman–Crippen LogP) is 3.40. The molecule has 156 valence electrons. The van der Waals surface area contributed by atoms with Crippen LogP contribution in [0.3, 0.4) is 0 Å². The van der Waals surface area contributed by atoms with E-state index >= 15 is 0 Å². The Morgan fingerprint density at radius 2 is 1.71 bits per heavy atom. The highest BCUT2D eigenvalue weighted by Gasteiger charge is 2.35. The van der Waals surface area contributed by atoms with Gasteiger partial charge in [0.1, 0.15) is 0 Å². The second kappa shape index (κ2) is 6.68. The fourth-order valence-corrected chi connectivity index (χ4v) is 5.84. The first-order valence-corrected chi connectivity index (χ1v) is 11.0. The summed E-state index contributed by atoms with van der Waals surface area (Å²) in [4.78, 5) is 27.4. The van der Waals surface area contributed by atoms with Gasteiger partial charge in [-0.25, -0.2) is 17.2 Å². The Morgan fingerprint density at radius 1 is 1.03 bits per heavy atom. The number of aromatic nitrogens is 1. The van der Waals surface area contributed by atoms with Gasteiger partial charge in [0.15, 0.2) is 0 Å². The summed E-state index contributed by atoms with van der Waals surface area (Å²) in [7, 11) is -1.16. The maximum Gasteiger partial charge on any atom is 0.340 e. The van der Waals surface area contributed by atoms with Crippen LogP contribution in [0.1, 0.15) is 26.3 Å². The van der Waals surface area contributed by atoms with E-state index in [2.05, 4.69) is 0 Å². The number of carbonyl (C=O) groups is 2. The molecule has 2 heterocycles. The number of hydrogen-bond donors (Lipinski definition) is 0. The molecule has 1 aromatic heterocycles. The molecule has 0 N–H and O–H groups in total. The van der Waals surface area contributed by atoms with Crippen LogP contribution in [0, 0.1) is 0 Å². The topological polar surface area (TPSA) is 85.7 Å². The number of benzene rings is 3. The minimum atomic E-state index is -4.08. The summed E-state index contributed by atoms with van der Waals surface area (Å²) in [5.41, 5.74) is 1.74. The lowest BCUT2D eigenvalue weighted by molar-refractivity contribution is 0.0602. The molecule has 0 radical (unpaired) electrons. The fraction of sp³-hybridized carbons (Fsp3) is 0.130. The third-order valence-corrected chi connectivity index (χ3v) is 7.36. The van der Waals surface area contributed by atoms with Crippen molar-refractivity contribution in [1.29, 1.82) is 0 Å². The SMILES string of the molecule is COC(=O)c1cc2c(c3c4ccccc4n(S(=O)(=O)c4ccccc4)c13)C(=O)N(C)C2. The summed E-state index contributed by atoms with van der Waals surface area (Å²) in [6.07, 6.45) is 0. The number of amides is 1. The molecule has 31 heavy (non-hydrogen) atoms. The van der Waals surface area contributed by atoms with Crippen LogP contribution in [0.5, 0.6) is 0 Å². The molecule has 0 saturated heterocycles. The third kappa shape index (κ3) is 2.61. The van der Waals surface area contributed by atoms with Crippen molar-refractivity contribution in [2.24, 2.45) is 0 Å². The lowest BCUT2D eigenvalue weighted by atomic mass is 9.98. The molecule has 0 fully saturated rings. The zero-order chi connectivity index (χ0) is 21.9. The number of esters is 1. The molecule has 5 rings (SSSR count). The Kier molecular flexibility index (Phi) is 4.16. The second-order valence-electron chi connectivity index (χ2n) is 7.43. The molecule has 0 bridgehead atoms. The highest BCUT2D eigenvalue weighted by Crippen LogP contribution is 2.40. The summed E-state index contributed by atoms with van der Waals surface area (Å²) in [6, 6.07) is 16.5. The molecule has 0 spiro atoms. The van der Waals surface area contributed by atoms with E-state index in [0.29, 0.717) is 34.0 Å². The highest BCUT2D eigenvalue weighted by molar-refractivity contribution is 7.90. The normalized spacial score (nSPS) is 13.7. The third-order valence-electron chi connectivity index (χ3n) is 5.63. The molecule has 0 atom stereocenters. The van der Waals surface area contributed by atoms with Crippen molar-refractivity contribution in [3.8, 4) is 0 Å². The van der Waals surface area contributed by atoms with Crippen molar-refractivity contribution in [3.05, 3.63) is 77.4 Å². The van der Waals surface area contributed by atoms with Crippen LogP contribution < -0.4 is 0 Å². The molecule has 4 aromatic rings. The molecular weight excluding hydrogens is 416 g/mol. The van der Waals surface area contributed by atoms with Crippen LogP contribution in [-0.4, -0.2) is 43.3 Å². The van der Waals surface area contributed by atoms with Gasteiger partial charge in [0.2, 0.25) is 0 Å². The molecule has 3 aromatic carbocycles. The van der Waals surface area contributed by atoms with Gasteiger partial charge >= 0.3 is 5.97 Å². The Balaban J connectivity index is 2.04. The number of ether oxygens (including phenoxy) is 1. The Bertz CT molecular complexity index is 1500. The van der Waals surface area contributed by atoms with Gasteiger partial charge in [-0.05, 0) is 29.8 Å². The van der Waals surface area contributed by atoms with Crippen molar-refractivity contribution in [2.75, 3.05) is 14.2 Å². The van der Waals surface area contributed by atoms with E-state index in [9.17, 15) is 18.0 Å². The smallest absolute Gasteiger partial charge is 0.340 e. The first-order valence-electron chi connectivity index (χ1n) is 9.59. The number of hydrogen-bond acceptors (Lipinski definition) is 5. The monoisotopic (exact) mass is 434 g/mol. The predicted molar refractivity (Wildman–Crippen MR) is 116 cm³/mol. The highest BCUT2D eigenvalue weighted by atomic mass is 32.2. The molecule has 7 nitrogen and oxygen atoms in total. The quantitative estimate of drug-likeness (QED) is 0.462. The van der Waals surface area contributed by atoms with Crippen molar-refractivity contribution in [1.82, 2.24) is 8.87 Å². The van der Waals surface area contributed by atoms with Gasteiger partial charge < -0.3 is 9.64 Å². The lowest BCUT2D eigenvalue weighted by Crippen LogP contribution is -2.17. The summed E-state index contributed by atoms with van der Waals surface area (Å²) < 4.78 is 33.6. The van der Waals surface area contributed by atoms with E-state index in [4.69, 9.17) is 4.74 Å². The van der Waals surface area contributed by atoms with Crippen LogP contribution in [0.4, 0.5) is 0 Å². The summed E-state index contributed by atoms with van der Waals surface area (Å²) in [6.45, 7) is 0.332. The van der Waals surface area contributed by atoms with Gasteiger partial charge in [0.25, 0.3) is 15.9 Å². The summed E-state index contributed by atoms with van der Waals surface area (Å²) >= 11 is 0. The first-order chi connectivity index (χ1) is 14.9. The van der Waals surface area contributed by atoms with Crippen molar-refractivity contribution < 1.29 is 22.7 Å². The van der Waals surface area contributed by atoms with Crippen LogP contribution in [0.2, 0.25) is 0 Å². The van der Waals surface area contributed by atoms with Crippen LogP contribution in [0.15, 0.2) is 65.6 Å². The maximum atomic E-state index is 13.7. The standard InChI is InChI=1S/C23H18N2O5S/c1-24-13-14-12-17(23(27)30-2)21-20(19(14)22(24)26)16-10-6-7-11-18(16)25(21)31(28,29)15-8-4-3-5-9-15/h3-12H,13H2,1-2H3. The van der Waals surface area contributed by atoms with Gasteiger partial charge in [0.05, 0.1) is 34.2 Å². The lowest BCUT2D eigenvalue weighted by Gasteiger charge is -2.12. The number of methoxy groups -OCH3 is 1. The maximum absolute atomic E-state index is 13.7. The van der Waals surface area contributed by atoms with E-state index in [0.717, 1.165) is 3.97 Å². The van der Waals surface area contributed by atoms with Crippen molar-refractivity contribution in [2.45, 2.75) is 11.4 Å². The number of rotatable bonds is 3. The zero-order valence-corrected chi connectivity index (χ0v) is 17.6. The van der Waals surface area contributed by atoms with Crippen molar-refractivity contribution in [3.63, 3.8) is 0 Å². The Morgan fingerprint density at radius 3 is 2.42 bits per heavy atom. The number of para-hydroxylation sites is 1. The minimum Gasteiger partial charge on any atom is -0.465 e. The molecule has 1 aliphatic rings. The molecule has 0 aliphatic carbocycles. The van der Waals surface area contributed by atoms with E-state index in [1.807, 2.05) is 0 Å². The molecule has 1 aliphatic heterocycles. The van der Waals surface area contributed by atoms with Crippen LogP contribution in [-0.2, 0) is 21.3 Å². The largest absolute Gasteiger partial charge is 0.465 e. The van der Waals surface area contributed by atoms with Crippen LogP contribution in [0.25, 0.3) is 21.8 Å². The van der Waals surface area contributed by atoms with Crippen molar-refractivity contribution >= 4 is 43.7 Å². The Hall–Kier alpha value is -3.65. The molecule has 0 unspecified atom stereocenters. The second-order valence-corrected chi connectivity index (χ2v) is 9.22. The summed E-state index contributed by atoms with van der Waals surface area (Å²) in [5, 5.41) is 1.03. The molecular formula is C23H18N2O5S. The van der Waals surface area contributed by atoms with Gasteiger partial charge in [-0.2, -0.15) is 0 Å². The average molecular weight is 434 g/mol. The van der Waals surface area contributed by atoms with Gasteiger partial charge in [-0.15, -0.1) is 0 Å². The zero-order valence-electron chi connectivity index (χ0n) is 16.8. The summed E-state index contributed by atoms with van der Waals surface area (Å²) in [5.74, 6) is -0.876. The molecule has 8 heteroatoms. The van der Waals surface area contributed by atoms with E-state index in [1.54, 1.807) is 60.5 Å². The van der Waals surface area contributed by atoms with E-state index in [1.165, 1.54) is 19.2 Å². The molecule has 1 amide bonds.